The van der Waals surface area contributed by atoms with Gasteiger partial charge in [0.25, 0.3) is 5.91 Å². The molecule has 1 aliphatic rings. The van der Waals surface area contributed by atoms with Crippen LogP contribution in [0.2, 0.25) is 0 Å². The number of hydrogen-bond donors (Lipinski definition) is 4. The summed E-state index contributed by atoms with van der Waals surface area (Å²) in [5.41, 5.74) is 9.72. The topological polar surface area (TPSA) is 133 Å². The number of aromatic nitrogens is 2. The molecule has 3 aromatic carbocycles. The summed E-state index contributed by atoms with van der Waals surface area (Å²) in [6, 6.07) is 22.3. The first-order chi connectivity index (χ1) is 18.8. The number of carbonyl (C=O) groups excluding carboxylic acids is 1. The summed E-state index contributed by atoms with van der Waals surface area (Å²) in [4.78, 5) is 13.4. The Bertz CT molecular complexity index is 1600. The van der Waals surface area contributed by atoms with Crippen LogP contribution in [0.1, 0.15) is 57.3 Å². The minimum Gasteiger partial charge on any atom is -0.384 e. The predicted molar refractivity (Wildman–Crippen MR) is 147 cm³/mol. The van der Waals surface area contributed by atoms with Gasteiger partial charge in [0.05, 0.1) is 34.7 Å². The molecule has 1 fully saturated rings. The van der Waals surface area contributed by atoms with Crippen LogP contribution in [0, 0.1) is 35.4 Å². The number of halogens is 1. The standard InChI is InChI=1S/C30H28FN7O/c1-18-12-27(38(37-18)24-7-3-6-23(14-24)29(33)34)30(39)36-26-15-22(10-11-25(26)31)28(35-17-19-8-9-19)21-5-2-4-20(13-21)16-32/h2-7,10-15,19,28,35H,8-9,17H2,1H3,(H3,33,34)(H,36,39). The van der Waals surface area contributed by atoms with Crippen molar-refractivity contribution in [2.24, 2.45) is 11.7 Å². The maximum atomic E-state index is 15.0. The van der Waals surface area contributed by atoms with Crippen LogP contribution in [0.3, 0.4) is 0 Å². The van der Waals surface area contributed by atoms with Crippen LogP contribution < -0.4 is 16.4 Å². The smallest absolute Gasteiger partial charge is 0.274 e. The first-order valence-electron chi connectivity index (χ1n) is 12.7. The van der Waals surface area contributed by atoms with Gasteiger partial charge >= 0.3 is 0 Å². The lowest BCUT2D eigenvalue weighted by Gasteiger charge is -2.21. The molecule has 0 spiro atoms. The molecule has 1 aromatic heterocycles. The highest BCUT2D eigenvalue weighted by atomic mass is 19.1. The zero-order valence-electron chi connectivity index (χ0n) is 21.4. The van der Waals surface area contributed by atoms with Crippen LogP contribution in [-0.2, 0) is 0 Å². The summed E-state index contributed by atoms with van der Waals surface area (Å²) in [5, 5.41) is 27.8. The minimum absolute atomic E-state index is 0.0371. The molecule has 39 heavy (non-hydrogen) atoms. The Kier molecular flexibility index (Phi) is 7.21. The van der Waals surface area contributed by atoms with Crippen LogP contribution in [0.25, 0.3) is 5.69 Å². The number of nitrogen functional groups attached to an aromatic ring is 1. The maximum Gasteiger partial charge on any atom is 0.274 e. The van der Waals surface area contributed by atoms with E-state index in [0.717, 1.165) is 17.7 Å². The second-order valence-corrected chi connectivity index (χ2v) is 9.76. The van der Waals surface area contributed by atoms with Crippen molar-refractivity contribution >= 4 is 17.4 Å². The van der Waals surface area contributed by atoms with Gasteiger partial charge in [-0.05, 0) is 85.8 Å². The number of nitrogens with zero attached hydrogens (tertiary/aromatic N) is 3. The SMILES string of the molecule is Cc1cc(C(=O)Nc2cc(C(NCC3CC3)c3cccc(C#N)c3)ccc2F)n(-c2cccc(C(=N)N)c2)n1. The second kappa shape index (κ2) is 10.9. The van der Waals surface area contributed by atoms with Crippen molar-refractivity contribution < 1.29 is 9.18 Å². The number of nitrogens with two attached hydrogens (primary N) is 1. The molecule has 1 aliphatic carbocycles. The summed E-state index contributed by atoms with van der Waals surface area (Å²) < 4.78 is 16.4. The first-order valence-corrected chi connectivity index (χ1v) is 12.7. The summed E-state index contributed by atoms with van der Waals surface area (Å²) in [6.45, 7) is 2.56. The third-order valence-corrected chi connectivity index (χ3v) is 6.69. The second-order valence-electron chi connectivity index (χ2n) is 9.76. The van der Waals surface area contributed by atoms with Crippen molar-refractivity contribution in [3.8, 4) is 11.8 Å². The molecule has 1 heterocycles. The van der Waals surface area contributed by atoms with Crippen LogP contribution in [0.5, 0.6) is 0 Å². The van der Waals surface area contributed by atoms with E-state index in [9.17, 15) is 14.4 Å². The number of nitriles is 1. The normalized spacial score (nSPS) is 13.5. The number of benzene rings is 3. The Balaban J connectivity index is 1.46. The number of nitrogens with one attached hydrogen (secondary N) is 3. The highest BCUT2D eigenvalue weighted by Crippen LogP contribution is 2.31. The number of amides is 1. The maximum absolute atomic E-state index is 15.0. The van der Waals surface area contributed by atoms with E-state index in [1.165, 1.54) is 23.6 Å². The molecule has 9 heteroatoms. The lowest BCUT2D eigenvalue weighted by Crippen LogP contribution is -2.25. The summed E-state index contributed by atoms with van der Waals surface area (Å²) >= 11 is 0. The molecule has 4 aromatic rings. The Hall–Kier alpha value is -4.81. The summed E-state index contributed by atoms with van der Waals surface area (Å²) in [6.07, 6.45) is 2.34. The molecule has 1 atom stereocenters. The zero-order chi connectivity index (χ0) is 27.5. The average Bonchev–Trinajstić information content (AvgIpc) is 3.69. The number of rotatable bonds is 9. The minimum atomic E-state index is -0.569. The van der Waals surface area contributed by atoms with Gasteiger partial charge < -0.3 is 16.4 Å². The van der Waals surface area contributed by atoms with Crippen molar-refractivity contribution in [1.29, 1.82) is 10.7 Å². The van der Waals surface area contributed by atoms with Gasteiger partial charge in [-0.15, -0.1) is 0 Å². The zero-order valence-corrected chi connectivity index (χ0v) is 21.4. The Labute approximate surface area is 225 Å². The van der Waals surface area contributed by atoms with Gasteiger partial charge in [-0.1, -0.05) is 30.3 Å². The van der Waals surface area contributed by atoms with Crippen molar-refractivity contribution in [3.63, 3.8) is 0 Å². The molecule has 0 aliphatic heterocycles. The quantitative estimate of drug-likeness (QED) is 0.185. The fourth-order valence-electron chi connectivity index (χ4n) is 4.49. The van der Waals surface area contributed by atoms with Crippen LogP contribution >= 0.6 is 0 Å². The third kappa shape index (κ3) is 5.87. The third-order valence-electron chi connectivity index (χ3n) is 6.69. The molecule has 0 bridgehead atoms. The van der Waals surface area contributed by atoms with Crippen molar-refractivity contribution in [2.45, 2.75) is 25.8 Å². The largest absolute Gasteiger partial charge is 0.384 e. The van der Waals surface area contributed by atoms with Gasteiger partial charge in [0.2, 0.25) is 0 Å². The van der Waals surface area contributed by atoms with Crippen molar-refractivity contribution in [2.75, 3.05) is 11.9 Å². The Morgan fingerprint density at radius 1 is 1.15 bits per heavy atom. The van der Waals surface area contributed by atoms with E-state index in [1.54, 1.807) is 55.5 Å². The lowest BCUT2D eigenvalue weighted by atomic mass is 9.96. The fourth-order valence-corrected chi connectivity index (χ4v) is 4.49. The predicted octanol–water partition coefficient (Wildman–Crippen LogP) is 4.82. The number of aryl methyl sites for hydroxylation is 1. The molecule has 0 radical (unpaired) electrons. The molecule has 196 valence electrons. The van der Waals surface area contributed by atoms with Gasteiger partial charge in [-0.25, -0.2) is 9.07 Å². The molecule has 5 rings (SSSR count). The summed E-state index contributed by atoms with van der Waals surface area (Å²) in [7, 11) is 0. The molecular weight excluding hydrogens is 493 g/mol. The van der Waals surface area contributed by atoms with E-state index in [1.807, 2.05) is 18.2 Å². The first kappa shape index (κ1) is 25.8. The molecule has 1 saturated carbocycles. The number of anilines is 1. The van der Waals surface area contributed by atoms with E-state index in [0.29, 0.717) is 28.4 Å². The number of carbonyl (C=O) groups is 1. The Morgan fingerprint density at radius 2 is 1.92 bits per heavy atom. The van der Waals surface area contributed by atoms with E-state index >= 15 is 0 Å². The lowest BCUT2D eigenvalue weighted by molar-refractivity contribution is 0.101. The molecular formula is C30H28FN7O. The molecule has 5 N–H and O–H groups in total. The monoisotopic (exact) mass is 521 g/mol. The van der Waals surface area contributed by atoms with E-state index < -0.39 is 11.7 Å². The van der Waals surface area contributed by atoms with Crippen molar-refractivity contribution in [3.05, 3.63) is 112 Å². The van der Waals surface area contributed by atoms with Crippen molar-refractivity contribution in [1.82, 2.24) is 15.1 Å². The number of amidine groups is 1. The molecule has 8 nitrogen and oxygen atoms in total. The van der Waals surface area contributed by atoms with E-state index in [2.05, 4.69) is 21.8 Å². The van der Waals surface area contributed by atoms with Crippen LogP contribution in [0.4, 0.5) is 10.1 Å². The van der Waals surface area contributed by atoms with E-state index in [4.69, 9.17) is 11.1 Å². The average molecular weight is 522 g/mol. The van der Waals surface area contributed by atoms with Gasteiger partial charge in [0.15, 0.2) is 0 Å². The van der Waals surface area contributed by atoms with Gasteiger partial charge in [-0.2, -0.15) is 10.4 Å². The summed E-state index contributed by atoms with van der Waals surface area (Å²) in [5.74, 6) is -0.596. The molecule has 1 unspecified atom stereocenters. The number of hydrogen-bond acceptors (Lipinski definition) is 5. The van der Waals surface area contributed by atoms with Crippen LogP contribution in [0.15, 0.2) is 72.8 Å². The Morgan fingerprint density at radius 3 is 2.67 bits per heavy atom. The van der Waals surface area contributed by atoms with E-state index in [-0.39, 0.29) is 23.3 Å². The van der Waals surface area contributed by atoms with Gasteiger partial charge in [0, 0.05) is 5.56 Å². The molecule has 0 saturated heterocycles. The van der Waals surface area contributed by atoms with Crippen LogP contribution in [-0.4, -0.2) is 28.1 Å². The fraction of sp³-hybridized carbons (Fsp3) is 0.200. The van der Waals surface area contributed by atoms with Gasteiger partial charge in [-0.3, -0.25) is 10.2 Å². The van der Waals surface area contributed by atoms with Gasteiger partial charge in [0.1, 0.15) is 17.3 Å². The highest BCUT2D eigenvalue weighted by molar-refractivity contribution is 6.03. The molecule has 1 amide bonds. The highest BCUT2D eigenvalue weighted by Gasteiger charge is 2.25.